The van der Waals surface area contributed by atoms with E-state index < -0.39 is 5.97 Å². The summed E-state index contributed by atoms with van der Waals surface area (Å²) in [7, 11) is 1.53. The van der Waals surface area contributed by atoms with Gasteiger partial charge in [-0.25, -0.2) is 4.79 Å². The molecule has 5 heteroatoms. The Morgan fingerprint density at radius 3 is 2.45 bits per heavy atom. The van der Waals surface area contributed by atoms with Crippen LogP contribution in [0.1, 0.15) is 51.6 Å². The van der Waals surface area contributed by atoms with Crippen molar-refractivity contribution in [2.45, 2.75) is 19.8 Å². The second kappa shape index (κ2) is 8.48. The highest BCUT2D eigenvalue weighted by molar-refractivity contribution is 6.14. The Kier molecular flexibility index (Phi) is 5.58. The van der Waals surface area contributed by atoms with Crippen LogP contribution in [0.2, 0.25) is 0 Å². The van der Waals surface area contributed by atoms with E-state index in [0.29, 0.717) is 34.3 Å². The molecule has 0 spiro atoms. The van der Waals surface area contributed by atoms with E-state index in [-0.39, 0.29) is 11.5 Å². The van der Waals surface area contributed by atoms with Crippen molar-refractivity contribution in [2.24, 2.45) is 0 Å². The zero-order valence-electron chi connectivity index (χ0n) is 17.5. The standard InChI is InChI=1S/C26H22O5/c1-16(2)18-9-7-17(8-10-18)13-24-25(27)22-12-11-21(15-23(22)31-24)30-26(28)19-5-4-6-20(14-19)29-3/h4-16H,1-3H3/b24-13+. The fourth-order valence-corrected chi connectivity index (χ4v) is 3.28. The number of fused-ring (bicyclic) bond motifs is 1. The van der Waals surface area contributed by atoms with Crippen molar-refractivity contribution in [2.75, 3.05) is 7.11 Å². The molecule has 0 amide bonds. The van der Waals surface area contributed by atoms with Crippen LogP contribution < -0.4 is 14.2 Å². The van der Waals surface area contributed by atoms with Crippen LogP contribution in [0.4, 0.5) is 0 Å². The van der Waals surface area contributed by atoms with Crippen molar-refractivity contribution in [1.29, 1.82) is 0 Å². The van der Waals surface area contributed by atoms with Gasteiger partial charge in [-0.05, 0) is 53.5 Å². The van der Waals surface area contributed by atoms with Gasteiger partial charge in [-0.3, -0.25) is 4.79 Å². The van der Waals surface area contributed by atoms with Gasteiger partial charge in [0.25, 0.3) is 0 Å². The van der Waals surface area contributed by atoms with Gasteiger partial charge < -0.3 is 14.2 Å². The van der Waals surface area contributed by atoms with Crippen molar-refractivity contribution in [3.63, 3.8) is 0 Å². The van der Waals surface area contributed by atoms with E-state index in [2.05, 4.69) is 13.8 Å². The average molecular weight is 414 g/mol. The molecule has 4 rings (SSSR count). The largest absolute Gasteiger partial charge is 0.497 e. The molecular weight excluding hydrogens is 392 g/mol. The lowest BCUT2D eigenvalue weighted by Gasteiger charge is -2.07. The monoisotopic (exact) mass is 414 g/mol. The maximum Gasteiger partial charge on any atom is 0.343 e. The lowest BCUT2D eigenvalue weighted by atomic mass is 10.0. The molecule has 3 aromatic carbocycles. The first kappa shape index (κ1) is 20.4. The maximum atomic E-state index is 12.7. The molecular formula is C26H22O5. The van der Waals surface area contributed by atoms with Crippen molar-refractivity contribution < 1.29 is 23.8 Å². The summed E-state index contributed by atoms with van der Waals surface area (Å²) in [6.07, 6.45) is 1.72. The minimum Gasteiger partial charge on any atom is -0.497 e. The summed E-state index contributed by atoms with van der Waals surface area (Å²) < 4.78 is 16.3. The molecule has 0 aromatic heterocycles. The zero-order valence-corrected chi connectivity index (χ0v) is 17.5. The van der Waals surface area contributed by atoms with Crippen LogP contribution in [0, 0.1) is 0 Å². The number of allylic oxidation sites excluding steroid dienone is 1. The summed E-state index contributed by atoms with van der Waals surface area (Å²) >= 11 is 0. The number of carbonyl (C=O) groups is 2. The Morgan fingerprint density at radius 2 is 1.74 bits per heavy atom. The van der Waals surface area contributed by atoms with Gasteiger partial charge in [0.05, 0.1) is 18.2 Å². The average Bonchev–Trinajstić information content (AvgIpc) is 3.08. The first-order valence-corrected chi connectivity index (χ1v) is 9.99. The highest BCUT2D eigenvalue weighted by Gasteiger charge is 2.28. The fourth-order valence-electron chi connectivity index (χ4n) is 3.28. The van der Waals surface area contributed by atoms with Gasteiger partial charge in [0, 0.05) is 6.07 Å². The number of Topliss-reactive ketones (excluding diaryl/α,β-unsaturated/α-hetero) is 1. The highest BCUT2D eigenvalue weighted by atomic mass is 16.5. The van der Waals surface area contributed by atoms with Crippen molar-refractivity contribution >= 4 is 17.8 Å². The smallest absolute Gasteiger partial charge is 0.343 e. The molecule has 0 N–H and O–H groups in total. The van der Waals surface area contributed by atoms with Gasteiger partial charge in [-0.2, -0.15) is 0 Å². The summed E-state index contributed by atoms with van der Waals surface area (Å²) in [4.78, 5) is 25.1. The quantitative estimate of drug-likeness (QED) is 0.307. The van der Waals surface area contributed by atoms with Crippen molar-refractivity contribution in [3.05, 3.63) is 94.7 Å². The molecule has 31 heavy (non-hydrogen) atoms. The fraction of sp³-hybridized carbons (Fsp3) is 0.154. The first-order valence-electron chi connectivity index (χ1n) is 9.99. The molecule has 0 fully saturated rings. The lowest BCUT2D eigenvalue weighted by Crippen LogP contribution is -2.08. The van der Waals surface area contributed by atoms with Gasteiger partial charge in [-0.15, -0.1) is 0 Å². The number of benzene rings is 3. The van der Waals surface area contributed by atoms with Crippen LogP contribution in [-0.2, 0) is 0 Å². The number of methoxy groups -OCH3 is 1. The van der Waals surface area contributed by atoms with Gasteiger partial charge >= 0.3 is 5.97 Å². The maximum absolute atomic E-state index is 12.7. The number of esters is 1. The van der Waals surface area contributed by atoms with Crippen LogP contribution in [0.25, 0.3) is 6.08 Å². The summed E-state index contributed by atoms with van der Waals surface area (Å²) in [6.45, 7) is 4.26. The first-order chi connectivity index (χ1) is 14.9. The Bertz CT molecular complexity index is 1170. The topological polar surface area (TPSA) is 61.8 Å². The molecule has 0 saturated heterocycles. The molecule has 0 atom stereocenters. The molecule has 3 aromatic rings. The third kappa shape index (κ3) is 4.36. The number of hydrogen-bond donors (Lipinski definition) is 0. The van der Waals surface area contributed by atoms with Crippen LogP contribution in [0.15, 0.2) is 72.5 Å². The Hall–Kier alpha value is -3.86. The molecule has 0 radical (unpaired) electrons. The number of ketones is 1. The van der Waals surface area contributed by atoms with E-state index in [1.165, 1.54) is 12.7 Å². The SMILES string of the molecule is COc1cccc(C(=O)Oc2ccc3c(c2)O/C(=C/c2ccc(C(C)C)cc2)C3=O)c1. The van der Waals surface area contributed by atoms with Gasteiger partial charge in [-0.1, -0.05) is 44.2 Å². The molecule has 1 aliphatic rings. The third-order valence-corrected chi connectivity index (χ3v) is 5.06. The third-order valence-electron chi connectivity index (χ3n) is 5.06. The summed E-state index contributed by atoms with van der Waals surface area (Å²) in [5.74, 6) is 1.18. The number of rotatable bonds is 5. The zero-order chi connectivity index (χ0) is 22.0. The molecule has 1 heterocycles. The molecule has 0 bridgehead atoms. The van der Waals surface area contributed by atoms with E-state index in [1.807, 2.05) is 24.3 Å². The predicted molar refractivity (Wildman–Crippen MR) is 118 cm³/mol. The van der Waals surface area contributed by atoms with E-state index in [4.69, 9.17) is 14.2 Å². The minimum absolute atomic E-state index is 0.200. The Morgan fingerprint density at radius 1 is 0.968 bits per heavy atom. The normalized spacial score (nSPS) is 13.8. The molecule has 0 unspecified atom stereocenters. The Labute approximate surface area is 180 Å². The lowest BCUT2D eigenvalue weighted by molar-refractivity contribution is 0.0734. The molecule has 5 nitrogen and oxygen atoms in total. The Balaban J connectivity index is 1.52. The minimum atomic E-state index is -0.524. The molecule has 1 aliphatic heterocycles. The number of ether oxygens (including phenoxy) is 3. The molecule has 0 aliphatic carbocycles. The van der Waals surface area contributed by atoms with E-state index in [9.17, 15) is 9.59 Å². The van der Waals surface area contributed by atoms with E-state index in [1.54, 1.807) is 48.5 Å². The second-order valence-corrected chi connectivity index (χ2v) is 7.54. The molecule has 0 saturated carbocycles. The van der Waals surface area contributed by atoms with Crippen molar-refractivity contribution in [1.82, 2.24) is 0 Å². The van der Waals surface area contributed by atoms with Crippen molar-refractivity contribution in [3.8, 4) is 17.2 Å². The van der Waals surface area contributed by atoms with Crippen LogP contribution in [-0.4, -0.2) is 18.9 Å². The highest BCUT2D eigenvalue weighted by Crippen LogP contribution is 2.35. The summed E-state index contributed by atoms with van der Waals surface area (Å²) in [5, 5.41) is 0. The summed E-state index contributed by atoms with van der Waals surface area (Å²) in [5.41, 5.74) is 2.91. The number of hydrogen-bond acceptors (Lipinski definition) is 5. The van der Waals surface area contributed by atoms with E-state index in [0.717, 1.165) is 5.56 Å². The van der Waals surface area contributed by atoms with E-state index >= 15 is 0 Å². The van der Waals surface area contributed by atoms with Gasteiger partial charge in [0.15, 0.2) is 5.76 Å². The van der Waals surface area contributed by atoms with Crippen LogP contribution in [0.3, 0.4) is 0 Å². The van der Waals surface area contributed by atoms with Gasteiger partial charge in [0.1, 0.15) is 17.2 Å². The summed E-state index contributed by atoms with van der Waals surface area (Å²) in [6, 6.07) is 19.4. The van der Waals surface area contributed by atoms with Crippen LogP contribution in [0.5, 0.6) is 17.2 Å². The predicted octanol–water partition coefficient (Wildman–Crippen LogP) is 5.65. The number of carbonyl (C=O) groups excluding carboxylic acids is 2. The van der Waals surface area contributed by atoms with Crippen LogP contribution >= 0.6 is 0 Å². The molecule has 156 valence electrons. The second-order valence-electron chi connectivity index (χ2n) is 7.54. The van der Waals surface area contributed by atoms with Gasteiger partial charge in [0.2, 0.25) is 5.78 Å².